The van der Waals surface area contributed by atoms with Gasteiger partial charge in [0.25, 0.3) is 5.19 Å². The van der Waals surface area contributed by atoms with E-state index in [1.807, 2.05) is 35.4 Å². The standard InChI is InChI=1S/C23H22N4O3S/c1-14(28)27-12-16-4-5-17(27)11-26(16)10-15-13-29-20-9-18(6-7-19(15)20)30-23-25-22-21(31-23)3-2-8-24-22/h2-3,6-9,13,16-17H,4-5,10-12H2,1H3/t16-,17-/m1/s1. The summed E-state index contributed by atoms with van der Waals surface area (Å²) in [6.45, 7) is 4.29. The summed E-state index contributed by atoms with van der Waals surface area (Å²) < 4.78 is 12.8. The van der Waals surface area contributed by atoms with Gasteiger partial charge in [-0.25, -0.2) is 4.98 Å². The maximum Gasteiger partial charge on any atom is 0.281 e. The first-order chi connectivity index (χ1) is 15.1. The van der Waals surface area contributed by atoms with Gasteiger partial charge in [0.1, 0.15) is 11.3 Å². The first-order valence-corrected chi connectivity index (χ1v) is 11.4. The van der Waals surface area contributed by atoms with Gasteiger partial charge in [-0.2, -0.15) is 4.98 Å². The summed E-state index contributed by atoms with van der Waals surface area (Å²) in [4.78, 5) is 25.1. The van der Waals surface area contributed by atoms with Crippen LogP contribution >= 0.6 is 11.3 Å². The first-order valence-electron chi connectivity index (χ1n) is 10.5. The maximum atomic E-state index is 11.9. The molecule has 1 aromatic carbocycles. The number of amides is 1. The van der Waals surface area contributed by atoms with Crippen LogP contribution in [0.4, 0.5) is 0 Å². The number of hydrogen-bond acceptors (Lipinski definition) is 7. The quantitative estimate of drug-likeness (QED) is 0.473. The molecular formula is C23H22N4O3S. The van der Waals surface area contributed by atoms with Gasteiger partial charge in [0.05, 0.1) is 11.0 Å². The van der Waals surface area contributed by atoms with Crippen LogP contribution < -0.4 is 4.74 Å². The lowest BCUT2D eigenvalue weighted by Crippen LogP contribution is -2.63. The lowest BCUT2D eigenvalue weighted by molar-refractivity contribution is -0.139. The monoisotopic (exact) mass is 434 g/mol. The molecule has 4 aromatic rings. The van der Waals surface area contributed by atoms with Crippen molar-refractivity contribution >= 4 is 38.6 Å². The Kier molecular flexibility index (Phi) is 4.43. The minimum Gasteiger partial charge on any atom is -0.464 e. The minimum atomic E-state index is 0.194. The summed E-state index contributed by atoms with van der Waals surface area (Å²) in [6, 6.07) is 10.6. The summed E-state index contributed by atoms with van der Waals surface area (Å²) in [6.07, 6.45) is 5.84. The van der Waals surface area contributed by atoms with Crippen LogP contribution in [0.25, 0.3) is 21.3 Å². The van der Waals surface area contributed by atoms with E-state index in [4.69, 9.17) is 9.15 Å². The van der Waals surface area contributed by atoms with Gasteiger partial charge in [0, 0.05) is 61.9 Å². The van der Waals surface area contributed by atoms with E-state index < -0.39 is 0 Å². The summed E-state index contributed by atoms with van der Waals surface area (Å²) in [5, 5.41) is 1.67. The first kappa shape index (κ1) is 18.8. The number of furan rings is 1. The third-order valence-corrected chi connectivity index (χ3v) is 7.29. The molecule has 3 aliphatic heterocycles. The van der Waals surface area contributed by atoms with Gasteiger partial charge in [0.2, 0.25) is 5.91 Å². The molecule has 31 heavy (non-hydrogen) atoms. The number of hydrogen-bond donors (Lipinski definition) is 0. The number of carbonyl (C=O) groups is 1. The van der Waals surface area contributed by atoms with Crippen molar-refractivity contribution in [2.24, 2.45) is 0 Å². The molecule has 8 heteroatoms. The number of ether oxygens (including phenoxy) is 1. The SMILES string of the molecule is CC(=O)N1C[C@H]2CC[C@@H]1CN2Cc1coc2cc(Oc3nc4ncccc4s3)ccc12. The topological polar surface area (TPSA) is 71.7 Å². The molecule has 0 saturated carbocycles. The van der Waals surface area contributed by atoms with Crippen molar-refractivity contribution in [2.75, 3.05) is 13.1 Å². The Morgan fingerprint density at radius 3 is 2.97 bits per heavy atom. The van der Waals surface area contributed by atoms with E-state index in [0.29, 0.717) is 28.7 Å². The van der Waals surface area contributed by atoms with Crippen molar-refractivity contribution in [3.63, 3.8) is 0 Å². The highest BCUT2D eigenvalue weighted by molar-refractivity contribution is 7.20. The Bertz CT molecular complexity index is 1250. The summed E-state index contributed by atoms with van der Waals surface area (Å²) >= 11 is 1.47. The Labute approximate surface area is 183 Å². The van der Waals surface area contributed by atoms with Crippen molar-refractivity contribution in [1.29, 1.82) is 0 Å². The number of piperazine rings is 1. The van der Waals surface area contributed by atoms with Crippen LogP contribution in [0.5, 0.6) is 10.9 Å². The number of benzene rings is 1. The summed E-state index contributed by atoms with van der Waals surface area (Å²) in [5.74, 6) is 0.890. The Hall–Kier alpha value is -2.97. The second kappa shape index (κ2) is 7.32. The van der Waals surface area contributed by atoms with Gasteiger partial charge in [-0.3, -0.25) is 9.69 Å². The molecule has 3 fully saturated rings. The second-order valence-electron chi connectivity index (χ2n) is 8.31. The van der Waals surface area contributed by atoms with E-state index in [1.54, 1.807) is 13.1 Å². The number of piperidine rings is 2. The average molecular weight is 435 g/mol. The van der Waals surface area contributed by atoms with E-state index in [-0.39, 0.29) is 5.91 Å². The molecule has 0 radical (unpaired) electrons. The molecule has 0 unspecified atom stereocenters. The highest BCUT2D eigenvalue weighted by Crippen LogP contribution is 2.35. The van der Waals surface area contributed by atoms with E-state index in [0.717, 1.165) is 48.1 Å². The Balaban J connectivity index is 1.20. The molecule has 0 spiro atoms. The van der Waals surface area contributed by atoms with Gasteiger partial charge >= 0.3 is 0 Å². The van der Waals surface area contributed by atoms with E-state index >= 15 is 0 Å². The van der Waals surface area contributed by atoms with E-state index in [2.05, 4.69) is 20.9 Å². The molecule has 158 valence electrons. The van der Waals surface area contributed by atoms with E-state index in [1.165, 1.54) is 16.9 Å². The van der Waals surface area contributed by atoms with Crippen molar-refractivity contribution in [3.05, 3.63) is 48.4 Å². The van der Waals surface area contributed by atoms with Crippen LogP contribution in [0.2, 0.25) is 0 Å². The zero-order chi connectivity index (χ0) is 20.9. The average Bonchev–Trinajstić information content (AvgIpc) is 3.37. The smallest absolute Gasteiger partial charge is 0.281 e. The lowest BCUT2D eigenvalue weighted by Gasteiger charge is -2.51. The van der Waals surface area contributed by atoms with Crippen LogP contribution in [0.15, 0.2) is 47.2 Å². The molecule has 6 heterocycles. The minimum absolute atomic E-state index is 0.194. The molecule has 0 N–H and O–H groups in total. The van der Waals surface area contributed by atoms with Crippen molar-refractivity contribution < 1.29 is 13.9 Å². The Morgan fingerprint density at radius 1 is 1.26 bits per heavy atom. The fraction of sp³-hybridized carbons (Fsp3) is 0.348. The van der Waals surface area contributed by atoms with E-state index in [9.17, 15) is 4.79 Å². The van der Waals surface area contributed by atoms with Crippen LogP contribution in [-0.4, -0.2) is 50.8 Å². The number of fused-ring (bicyclic) bond motifs is 5. The third kappa shape index (κ3) is 3.36. The second-order valence-corrected chi connectivity index (χ2v) is 9.30. The van der Waals surface area contributed by atoms with Crippen LogP contribution in [0.3, 0.4) is 0 Å². The molecule has 1 amide bonds. The molecule has 3 aromatic heterocycles. The fourth-order valence-corrected chi connectivity index (χ4v) is 5.65. The highest BCUT2D eigenvalue weighted by atomic mass is 32.1. The zero-order valence-electron chi connectivity index (χ0n) is 17.2. The molecule has 2 atom stereocenters. The molecule has 3 aliphatic rings. The van der Waals surface area contributed by atoms with Crippen LogP contribution in [0.1, 0.15) is 25.3 Å². The summed E-state index contributed by atoms with van der Waals surface area (Å²) in [7, 11) is 0. The van der Waals surface area contributed by atoms with Crippen molar-refractivity contribution in [1.82, 2.24) is 19.8 Å². The normalized spacial score (nSPS) is 21.3. The molecule has 7 rings (SSSR count). The van der Waals surface area contributed by atoms with Gasteiger partial charge in [-0.15, -0.1) is 0 Å². The molecule has 7 nitrogen and oxygen atoms in total. The molecule has 2 bridgehead atoms. The number of rotatable bonds is 4. The lowest BCUT2D eigenvalue weighted by atomic mass is 9.90. The molecule has 0 aliphatic carbocycles. The third-order valence-electron chi connectivity index (χ3n) is 6.40. The van der Waals surface area contributed by atoms with Crippen molar-refractivity contribution in [2.45, 2.75) is 38.4 Å². The number of carbonyl (C=O) groups excluding carboxylic acids is 1. The van der Waals surface area contributed by atoms with Crippen molar-refractivity contribution in [3.8, 4) is 10.9 Å². The molecular weight excluding hydrogens is 412 g/mol. The molecule has 3 saturated heterocycles. The van der Waals surface area contributed by atoms with Crippen LogP contribution in [0, 0.1) is 0 Å². The van der Waals surface area contributed by atoms with Gasteiger partial charge in [0.15, 0.2) is 5.65 Å². The van der Waals surface area contributed by atoms with Gasteiger partial charge < -0.3 is 14.1 Å². The number of nitrogens with zero attached hydrogens (tertiary/aromatic N) is 4. The van der Waals surface area contributed by atoms with Gasteiger partial charge in [-0.05, 0) is 37.1 Å². The number of pyridine rings is 1. The number of aromatic nitrogens is 2. The largest absolute Gasteiger partial charge is 0.464 e. The maximum absolute atomic E-state index is 11.9. The zero-order valence-corrected chi connectivity index (χ0v) is 18.0. The summed E-state index contributed by atoms with van der Waals surface area (Å²) in [5.41, 5.74) is 2.68. The Morgan fingerprint density at radius 2 is 2.16 bits per heavy atom. The predicted molar refractivity (Wildman–Crippen MR) is 118 cm³/mol. The fourth-order valence-electron chi connectivity index (χ4n) is 4.86. The number of thiazole rings is 1. The highest BCUT2D eigenvalue weighted by Gasteiger charge is 2.40. The van der Waals surface area contributed by atoms with Gasteiger partial charge in [-0.1, -0.05) is 11.3 Å². The van der Waals surface area contributed by atoms with Crippen LogP contribution in [-0.2, 0) is 11.3 Å². The predicted octanol–water partition coefficient (Wildman–Crippen LogP) is 4.42.